The van der Waals surface area contributed by atoms with E-state index in [0.717, 1.165) is 17.9 Å². The van der Waals surface area contributed by atoms with Crippen molar-refractivity contribution in [1.29, 1.82) is 0 Å². The third kappa shape index (κ3) is 4.20. The van der Waals surface area contributed by atoms with E-state index in [4.69, 9.17) is 4.74 Å². The lowest BCUT2D eigenvalue weighted by atomic mass is 9.92. The molecule has 1 aromatic carbocycles. The molecular weight excluding hydrogens is 387 g/mol. The lowest BCUT2D eigenvalue weighted by Gasteiger charge is -2.20. The summed E-state index contributed by atoms with van der Waals surface area (Å²) < 4.78 is 19.4. The van der Waals surface area contributed by atoms with E-state index in [2.05, 4.69) is 31.9 Å². The van der Waals surface area contributed by atoms with Gasteiger partial charge in [0.25, 0.3) is 0 Å². The summed E-state index contributed by atoms with van der Waals surface area (Å²) in [7, 11) is 1.59. The van der Waals surface area contributed by atoms with E-state index in [9.17, 15) is 4.39 Å². The molecule has 2 rings (SSSR count). The molecule has 4 heteroatoms. The van der Waals surface area contributed by atoms with Gasteiger partial charge in [-0.25, -0.2) is 4.39 Å². The van der Waals surface area contributed by atoms with E-state index < -0.39 is 0 Å². The zero-order chi connectivity index (χ0) is 14.5. The zero-order valence-electron chi connectivity index (χ0n) is 11.8. The highest BCUT2D eigenvalue weighted by molar-refractivity contribution is 9.10. The molecule has 1 saturated carbocycles. The van der Waals surface area contributed by atoms with Crippen LogP contribution in [-0.2, 0) is 0 Å². The number of alkyl halides is 1. The molecule has 0 bridgehead atoms. The van der Waals surface area contributed by atoms with E-state index in [1.54, 1.807) is 7.11 Å². The molecule has 20 heavy (non-hydrogen) atoms. The summed E-state index contributed by atoms with van der Waals surface area (Å²) in [6.07, 6.45) is 9.14. The van der Waals surface area contributed by atoms with Gasteiger partial charge in [-0.3, -0.25) is 0 Å². The van der Waals surface area contributed by atoms with Crippen molar-refractivity contribution in [2.75, 3.05) is 7.11 Å². The minimum Gasteiger partial charge on any atom is -0.496 e. The average Bonchev–Trinajstić information content (AvgIpc) is 2.69. The Morgan fingerprint density at radius 2 is 1.90 bits per heavy atom. The van der Waals surface area contributed by atoms with Gasteiger partial charge in [0.05, 0.1) is 11.6 Å². The Bertz CT molecular complexity index is 442. The van der Waals surface area contributed by atoms with Crippen molar-refractivity contribution in [2.24, 2.45) is 5.92 Å². The minimum absolute atomic E-state index is 0.220. The van der Waals surface area contributed by atoms with Gasteiger partial charge >= 0.3 is 0 Å². The number of methoxy groups -OCH3 is 1. The summed E-state index contributed by atoms with van der Waals surface area (Å²) in [5.74, 6) is 1.11. The normalized spacial score (nSPS) is 18.6. The van der Waals surface area contributed by atoms with E-state index in [-0.39, 0.29) is 10.6 Å². The second-order valence-corrected chi connectivity index (χ2v) is 7.53. The van der Waals surface area contributed by atoms with Crippen LogP contribution in [0.2, 0.25) is 0 Å². The Morgan fingerprint density at radius 1 is 1.25 bits per heavy atom. The number of rotatable bonds is 4. The molecule has 112 valence electrons. The lowest BCUT2D eigenvalue weighted by Crippen LogP contribution is -2.05. The topological polar surface area (TPSA) is 9.23 Å². The van der Waals surface area contributed by atoms with Gasteiger partial charge in [0.2, 0.25) is 0 Å². The SMILES string of the molecule is COc1cc(F)c(Br)cc1C(Br)CC1CCCCCC1. The summed E-state index contributed by atoms with van der Waals surface area (Å²) in [5.41, 5.74) is 1.03. The second kappa shape index (κ2) is 7.79. The third-order valence-electron chi connectivity index (χ3n) is 4.13. The van der Waals surface area contributed by atoms with Crippen molar-refractivity contribution >= 4 is 31.9 Å². The Labute approximate surface area is 137 Å². The molecule has 0 heterocycles. The predicted octanol–water partition coefficient (Wildman–Crippen LogP) is 6.39. The molecule has 0 radical (unpaired) electrons. The Morgan fingerprint density at radius 3 is 2.50 bits per heavy atom. The van der Waals surface area contributed by atoms with Gasteiger partial charge in [0.1, 0.15) is 11.6 Å². The van der Waals surface area contributed by atoms with Crippen LogP contribution in [0.1, 0.15) is 55.3 Å². The van der Waals surface area contributed by atoms with Crippen LogP contribution in [0.4, 0.5) is 4.39 Å². The molecule has 1 fully saturated rings. The highest BCUT2D eigenvalue weighted by Gasteiger charge is 2.21. The molecule has 0 amide bonds. The van der Waals surface area contributed by atoms with Crippen molar-refractivity contribution in [1.82, 2.24) is 0 Å². The van der Waals surface area contributed by atoms with Crippen LogP contribution in [0.25, 0.3) is 0 Å². The fourth-order valence-corrected chi connectivity index (χ4v) is 4.23. The molecule has 1 aromatic rings. The molecule has 0 N–H and O–H groups in total. The second-order valence-electron chi connectivity index (χ2n) is 5.57. The first-order chi connectivity index (χ1) is 9.61. The first kappa shape index (κ1) is 16.3. The number of benzene rings is 1. The van der Waals surface area contributed by atoms with Crippen molar-refractivity contribution in [3.05, 3.63) is 28.0 Å². The van der Waals surface area contributed by atoms with Crippen LogP contribution in [-0.4, -0.2) is 7.11 Å². The van der Waals surface area contributed by atoms with Gasteiger partial charge in [-0.2, -0.15) is 0 Å². The Hall–Kier alpha value is -0.0900. The highest BCUT2D eigenvalue weighted by Crippen LogP contribution is 2.41. The fourth-order valence-electron chi connectivity index (χ4n) is 2.98. The monoisotopic (exact) mass is 406 g/mol. The molecule has 1 aliphatic carbocycles. The molecule has 0 saturated heterocycles. The van der Waals surface area contributed by atoms with E-state index in [0.29, 0.717) is 10.2 Å². The van der Waals surface area contributed by atoms with Gasteiger partial charge in [-0.1, -0.05) is 54.5 Å². The van der Waals surface area contributed by atoms with Crippen molar-refractivity contribution in [2.45, 2.75) is 49.8 Å². The van der Waals surface area contributed by atoms with Crippen molar-refractivity contribution in [3.63, 3.8) is 0 Å². The van der Waals surface area contributed by atoms with E-state index >= 15 is 0 Å². The highest BCUT2D eigenvalue weighted by atomic mass is 79.9. The Kier molecular flexibility index (Phi) is 6.34. The van der Waals surface area contributed by atoms with Crippen LogP contribution in [0.15, 0.2) is 16.6 Å². The zero-order valence-corrected chi connectivity index (χ0v) is 15.0. The van der Waals surface area contributed by atoms with Crippen molar-refractivity contribution in [3.8, 4) is 5.75 Å². The van der Waals surface area contributed by atoms with Crippen LogP contribution >= 0.6 is 31.9 Å². The molecule has 0 aromatic heterocycles. The van der Waals surface area contributed by atoms with Gasteiger partial charge in [-0.05, 0) is 34.3 Å². The number of ether oxygens (including phenoxy) is 1. The molecule has 0 spiro atoms. The fraction of sp³-hybridized carbons (Fsp3) is 0.625. The smallest absolute Gasteiger partial charge is 0.141 e. The quantitative estimate of drug-likeness (QED) is 0.414. The first-order valence-electron chi connectivity index (χ1n) is 7.28. The summed E-state index contributed by atoms with van der Waals surface area (Å²) in [6, 6.07) is 3.30. The summed E-state index contributed by atoms with van der Waals surface area (Å²) in [6.45, 7) is 0. The molecular formula is C16H21Br2FO. The van der Waals surface area contributed by atoms with Crippen molar-refractivity contribution < 1.29 is 9.13 Å². The molecule has 1 aliphatic rings. The van der Waals surface area contributed by atoms with Gasteiger partial charge < -0.3 is 4.74 Å². The van der Waals surface area contributed by atoms with Gasteiger partial charge in [-0.15, -0.1) is 0 Å². The maximum absolute atomic E-state index is 13.6. The first-order valence-corrected chi connectivity index (χ1v) is 8.99. The minimum atomic E-state index is -0.278. The molecule has 0 aliphatic heterocycles. The number of halogens is 3. The molecule has 1 unspecified atom stereocenters. The van der Waals surface area contributed by atoms with Gasteiger partial charge in [0, 0.05) is 16.5 Å². The third-order valence-corrected chi connectivity index (χ3v) is 5.60. The lowest BCUT2D eigenvalue weighted by molar-refractivity contribution is 0.394. The summed E-state index contributed by atoms with van der Waals surface area (Å²) >= 11 is 7.04. The van der Waals surface area contributed by atoms with Crippen LogP contribution in [0, 0.1) is 11.7 Å². The molecule has 1 atom stereocenters. The average molecular weight is 408 g/mol. The maximum atomic E-state index is 13.6. The molecule has 1 nitrogen and oxygen atoms in total. The van der Waals surface area contributed by atoms with Crippen LogP contribution in [0.5, 0.6) is 5.75 Å². The number of hydrogen-bond donors (Lipinski definition) is 0. The standard InChI is InChI=1S/C16H21Br2FO/c1-20-16-10-15(19)14(18)9-12(16)13(17)8-11-6-4-2-3-5-7-11/h9-11,13H,2-8H2,1H3. The predicted molar refractivity (Wildman–Crippen MR) is 88.1 cm³/mol. The summed E-state index contributed by atoms with van der Waals surface area (Å²) in [5, 5.41) is 0. The van der Waals surface area contributed by atoms with Gasteiger partial charge in [0.15, 0.2) is 0 Å². The largest absolute Gasteiger partial charge is 0.496 e. The Balaban J connectivity index is 2.11. The van der Waals surface area contributed by atoms with Crippen LogP contribution < -0.4 is 4.74 Å². The van der Waals surface area contributed by atoms with E-state index in [1.165, 1.54) is 44.6 Å². The maximum Gasteiger partial charge on any atom is 0.141 e. The van der Waals surface area contributed by atoms with E-state index in [1.807, 2.05) is 6.07 Å². The van der Waals surface area contributed by atoms with Crippen LogP contribution in [0.3, 0.4) is 0 Å². The summed E-state index contributed by atoms with van der Waals surface area (Å²) in [4.78, 5) is 0.220. The number of hydrogen-bond acceptors (Lipinski definition) is 1.